The predicted octanol–water partition coefficient (Wildman–Crippen LogP) is 7.04. The Morgan fingerprint density at radius 3 is 2.49 bits per heavy atom. The Labute approximate surface area is 311 Å². The number of nitrogens with one attached hydrogen (secondary N) is 1. The molecule has 1 aliphatic rings. The minimum absolute atomic E-state index is 0.0718. The molecule has 11 nitrogen and oxygen atoms in total. The van der Waals surface area contributed by atoms with Gasteiger partial charge in [-0.2, -0.15) is 0 Å². The topological polar surface area (TPSA) is 111 Å². The van der Waals surface area contributed by atoms with E-state index in [-0.39, 0.29) is 33.7 Å². The molecule has 3 aromatic carbocycles. The molecule has 0 unspecified atom stereocenters. The van der Waals surface area contributed by atoms with Gasteiger partial charge in [-0.05, 0) is 68.1 Å². The van der Waals surface area contributed by atoms with Gasteiger partial charge in [0.15, 0.2) is 23.1 Å². The van der Waals surface area contributed by atoms with E-state index in [4.69, 9.17) is 14.2 Å². The van der Waals surface area contributed by atoms with Gasteiger partial charge < -0.3 is 29.3 Å². The lowest BCUT2D eigenvalue weighted by molar-refractivity contribution is 0.102. The van der Waals surface area contributed by atoms with Gasteiger partial charge in [0.25, 0.3) is 5.91 Å². The average Bonchev–Trinajstić information content (AvgIpc) is 3.15. The van der Waals surface area contributed by atoms with Crippen molar-refractivity contribution >= 4 is 49.5 Å². The second-order valence-electron chi connectivity index (χ2n) is 12.6. The number of fused-ring (bicyclic) bond motifs is 2. The highest BCUT2D eigenvalue weighted by molar-refractivity contribution is 9.10. The monoisotopic (exact) mass is 784 g/mol. The first-order valence-electron chi connectivity index (χ1n) is 16.9. The molecule has 1 saturated heterocycles. The quantitative estimate of drug-likeness (QED) is 0.138. The zero-order valence-electron chi connectivity index (χ0n) is 28.9. The largest absolute Gasteiger partial charge is 0.493 e. The van der Waals surface area contributed by atoms with Crippen LogP contribution in [0.15, 0.2) is 94.6 Å². The van der Waals surface area contributed by atoms with Crippen LogP contribution < -0.4 is 25.0 Å². The third-order valence-electron chi connectivity index (χ3n) is 9.04. The maximum absolute atomic E-state index is 15.5. The smallest absolute Gasteiger partial charge is 0.261 e. The van der Waals surface area contributed by atoms with Crippen LogP contribution in [0.4, 0.5) is 14.5 Å². The number of halogens is 3. The summed E-state index contributed by atoms with van der Waals surface area (Å²) >= 11 is 3.24. The van der Waals surface area contributed by atoms with Gasteiger partial charge in [-0.1, -0.05) is 15.9 Å². The fraction of sp³-hybridized carbons (Fsp3) is 0.231. The van der Waals surface area contributed by atoms with E-state index in [1.54, 1.807) is 43.6 Å². The zero-order valence-corrected chi connectivity index (χ0v) is 30.5. The van der Waals surface area contributed by atoms with Crippen LogP contribution in [0.5, 0.6) is 23.0 Å². The van der Waals surface area contributed by atoms with Crippen LogP contribution in [-0.2, 0) is 0 Å². The minimum atomic E-state index is -0.815. The summed E-state index contributed by atoms with van der Waals surface area (Å²) in [6, 6.07) is 16.5. The normalized spacial score (nSPS) is 13.7. The number of nitrogens with zero attached hydrogens (tertiary/aromatic N) is 5. The minimum Gasteiger partial charge on any atom is -0.493 e. The molecule has 1 amide bonds. The Balaban J connectivity index is 1.08. The summed E-state index contributed by atoms with van der Waals surface area (Å²) in [6.45, 7) is 5.67. The molecule has 4 heterocycles. The molecule has 0 atom stereocenters. The number of pyridine rings is 3. The molecule has 0 radical (unpaired) electrons. The summed E-state index contributed by atoms with van der Waals surface area (Å²) in [5, 5.41) is 3.26. The number of rotatable bonds is 11. The number of anilines is 1. The molecule has 3 aromatic heterocycles. The van der Waals surface area contributed by atoms with Crippen LogP contribution in [-0.4, -0.2) is 83.7 Å². The van der Waals surface area contributed by atoms with Gasteiger partial charge >= 0.3 is 0 Å². The third-order valence-corrected chi connectivity index (χ3v) is 9.54. The molecule has 7 rings (SSSR count). The number of ether oxygens (including phenoxy) is 3. The summed E-state index contributed by atoms with van der Waals surface area (Å²) in [7, 11) is 3.68. The number of carbonyl (C=O) groups excluding carboxylic acids is 1. The van der Waals surface area contributed by atoms with Crippen molar-refractivity contribution in [3.05, 3.63) is 117 Å². The van der Waals surface area contributed by atoms with Crippen LogP contribution >= 0.6 is 15.9 Å². The number of amides is 1. The number of hydrogen-bond donors (Lipinski definition) is 1. The van der Waals surface area contributed by atoms with Gasteiger partial charge in [0, 0.05) is 79.0 Å². The molecule has 0 aliphatic carbocycles. The van der Waals surface area contributed by atoms with Crippen molar-refractivity contribution in [3.63, 3.8) is 0 Å². The Bertz CT molecular complexity index is 2380. The van der Waals surface area contributed by atoms with Gasteiger partial charge in [-0.3, -0.25) is 19.1 Å². The maximum atomic E-state index is 15.5. The van der Waals surface area contributed by atoms with Crippen molar-refractivity contribution in [2.45, 2.75) is 6.42 Å². The Morgan fingerprint density at radius 1 is 0.887 bits per heavy atom. The zero-order chi connectivity index (χ0) is 37.1. The first-order chi connectivity index (χ1) is 25.7. The molecule has 0 bridgehead atoms. The number of aromatic nitrogens is 3. The van der Waals surface area contributed by atoms with E-state index in [1.807, 2.05) is 0 Å². The number of carbonyl (C=O) groups is 1. The number of benzene rings is 3. The second-order valence-corrected chi connectivity index (χ2v) is 13.5. The van der Waals surface area contributed by atoms with Crippen molar-refractivity contribution in [2.24, 2.45) is 0 Å². The molecule has 1 aliphatic heterocycles. The fourth-order valence-electron chi connectivity index (χ4n) is 6.19. The van der Waals surface area contributed by atoms with Crippen LogP contribution in [0.25, 0.3) is 27.6 Å². The van der Waals surface area contributed by atoms with Crippen LogP contribution in [0.3, 0.4) is 0 Å². The Hall–Kier alpha value is -5.44. The van der Waals surface area contributed by atoms with E-state index in [0.717, 1.165) is 45.2 Å². The van der Waals surface area contributed by atoms with Gasteiger partial charge in [-0.15, -0.1) is 0 Å². The van der Waals surface area contributed by atoms with Gasteiger partial charge in [0.05, 0.1) is 30.3 Å². The van der Waals surface area contributed by atoms with Gasteiger partial charge in [0.1, 0.15) is 22.8 Å². The van der Waals surface area contributed by atoms with E-state index in [0.29, 0.717) is 39.2 Å². The second kappa shape index (κ2) is 15.7. The Morgan fingerprint density at radius 2 is 1.72 bits per heavy atom. The first-order valence-corrected chi connectivity index (χ1v) is 17.7. The molecule has 1 fully saturated rings. The van der Waals surface area contributed by atoms with Crippen molar-refractivity contribution in [2.75, 3.05) is 58.8 Å². The van der Waals surface area contributed by atoms with E-state index in [9.17, 15) is 9.59 Å². The van der Waals surface area contributed by atoms with Crippen molar-refractivity contribution < 1.29 is 27.8 Å². The number of methoxy groups -OCH3 is 1. The molecule has 53 heavy (non-hydrogen) atoms. The SMILES string of the molecule is COc1cc2c(Oc3ccc(NC(=O)c4cn(-c5ccc(Br)cc5F)c5ncccc5c4=O)cc3F)ccnc2cc1OCCCN1CCN(C)CC1. The maximum Gasteiger partial charge on any atom is 0.261 e. The lowest BCUT2D eigenvalue weighted by Gasteiger charge is -2.32. The third kappa shape index (κ3) is 7.84. The lowest BCUT2D eigenvalue weighted by Crippen LogP contribution is -2.44. The average molecular weight is 786 g/mol. The lowest BCUT2D eigenvalue weighted by atomic mass is 10.1. The number of likely N-dealkylation sites (N-methyl/N-ethyl adjacent to an activating group) is 1. The fourth-order valence-corrected chi connectivity index (χ4v) is 6.53. The van der Waals surface area contributed by atoms with Gasteiger partial charge in [0.2, 0.25) is 5.43 Å². The van der Waals surface area contributed by atoms with Crippen LogP contribution in [0.2, 0.25) is 0 Å². The first kappa shape index (κ1) is 35.9. The molecule has 0 spiro atoms. The van der Waals surface area contributed by atoms with E-state index in [1.165, 1.54) is 47.3 Å². The van der Waals surface area contributed by atoms with E-state index >= 15 is 8.78 Å². The summed E-state index contributed by atoms with van der Waals surface area (Å²) in [4.78, 5) is 40.3. The van der Waals surface area contributed by atoms with Crippen molar-refractivity contribution in [3.8, 4) is 28.7 Å². The van der Waals surface area contributed by atoms with Crippen LogP contribution in [0.1, 0.15) is 16.8 Å². The highest BCUT2D eigenvalue weighted by Crippen LogP contribution is 2.38. The molecule has 6 aromatic rings. The highest BCUT2D eigenvalue weighted by Gasteiger charge is 2.20. The molecular weight excluding hydrogens is 750 g/mol. The van der Waals surface area contributed by atoms with Crippen molar-refractivity contribution in [1.29, 1.82) is 0 Å². The van der Waals surface area contributed by atoms with Crippen LogP contribution in [0, 0.1) is 11.6 Å². The predicted molar refractivity (Wildman–Crippen MR) is 202 cm³/mol. The molecule has 14 heteroatoms. The summed E-state index contributed by atoms with van der Waals surface area (Å²) in [5.41, 5.74) is -0.00334. The van der Waals surface area contributed by atoms with Gasteiger partial charge in [-0.25, -0.2) is 13.8 Å². The van der Waals surface area contributed by atoms with E-state index < -0.39 is 23.0 Å². The molecular formula is C39H35BrF2N6O5. The van der Waals surface area contributed by atoms with Crippen molar-refractivity contribution in [1.82, 2.24) is 24.3 Å². The summed E-state index contributed by atoms with van der Waals surface area (Å²) < 4.78 is 50.1. The summed E-state index contributed by atoms with van der Waals surface area (Å²) in [6.07, 6.45) is 5.11. The standard InChI is InChI=1S/C39H35BrF2N6O5/c1-46-14-16-47(17-15-46)13-4-18-52-36-22-31-27(21-35(36)51-2)33(10-12-43-31)53-34-9-7-25(20-30(34)42)45-39(50)28-23-48(32-8-6-24(40)19-29(32)41)38-26(37(28)49)5-3-11-44-38/h3,5-12,19-23H,4,13-18H2,1-2H3,(H,45,50). The number of hydrogen-bond acceptors (Lipinski definition) is 9. The Kier molecular flexibility index (Phi) is 10.6. The summed E-state index contributed by atoms with van der Waals surface area (Å²) in [5.74, 6) is -0.924. The van der Waals surface area contributed by atoms with E-state index in [2.05, 4.69) is 48.1 Å². The molecule has 0 saturated carbocycles. The highest BCUT2D eigenvalue weighted by atomic mass is 79.9. The number of piperazine rings is 1. The molecule has 1 N–H and O–H groups in total. The molecule has 272 valence electrons.